The van der Waals surface area contributed by atoms with E-state index in [1.54, 1.807) is 43.5 Å². The van der Waals surface area contributed by atoms with E-state index < -0.39 is 7.60 Å². The van der Waals surface area contributed by atoms with Crippen molar-refractivity contribution >= 4 is 7.60 Å². The van der Waals surface area contributed by atoms with E-state index >= 15 is 0 Å². The molecule has 0 fully saturated rings. The molecule has 0 bridgehead atoms. The van der Waals surface area contributed by atoms with Crippen LogP contribution in [0.4, 0.5) is 0 Å². The van der Waals surface area contributed by atoms with E-state index in [1.807, 2.05) is 0 Å². The molecule has 1 aliphatic rings. The van der Waals surface area contributed by atoms with Crippen molar-refractivity contribution in [1.82, 2.24) is 15.4 Å². The Labute approximate surface area is 154 Å². The molecular weight excluding hydrogens is 373 g/mol. The Hall–Kier alpha value is -3.03. The highest BCUT2D eigenvalue weighted by Gasteiger charge is 2.23. The average molecular weight is 388 g/mol. The van der Waals surface area contributed by atoms with Crippen molar-refractivity contribution in [3.8, 4) is 45.5 Å². The number of H-pyrrole nitrogens is 1. The van der Waals surface area contributed by atoms with Crippen molar-refractivity contribution in [3.05, 3.63) is 36.4 Å². The molecule has 0 radical (unpaired) electrons. The molecule has 2 heterocycles. The standard InChI is InChI=1S/C17H16N3O6P/c1-23-13-7-11(8-14-17(13)25-9-24-14)16-15(18-20-19-16)10-3-5-12(6-4-10)26-27(2,21)22/h3-8H,9H2,1-2H3,(H,21,22)(H,18,19,20)/p-1. The van der Waals surface area contributed by atoms with Gasteiger partial charge in [0.15, 0.2) is 19.1 Å². The zero-order valence-electron chi connectivity index (χ0n) is 14.5. The van der Waals surface area contributed by atoms with Gasteiger partial charge in [-0.25, -0.2) is 0 Å². The predicted molar refractivity (Wildman–Crippen MR) is 94.1 cm³/mol. The minimum atomic E-state index is -3.86. The topological polar surface area (TPSA) is 119 Å². The molecule has 1 aromatic heterocycles. The highest BCUT2D eigenvalue weighted by Crippen LogP contribution is 2.45. The third-order valence-corrected chi connectivity index (χ3v) is 4.42. The molecule has 1 N–H and O–H groups in total. The van der Waals surface area contributed by atoms with Crippen LogP contribution in [0.1, 0.15) is 0 Å². The van der Waals surface area contributed by atoms with E-state index in [4.69, 9.17) is 18.7 Å². The molecule has 0 spiro atoms. The summed E-state index contributed by atoms with van der Waals surface area (Å²) in [6.07, 6.45) is 0. The van der Waals surface area contributed by atoms with Crippen LogP contribution < -0.4 is 23.6 Å². The largest absolute Gasteiger partial charge is 0.769 e. The number of aromatic amines is 1. The molecule has 3 aromatic rings. The van der Waals surface area contributed by atoms with Gasteiger partial charge in [-0.1, -0.05) is 0 Å². The molecule has 1 unspecified atom stereocenters. The second kappa shape index (κ2) is 6.61. The van der Waals surface area contributed by atoms with Gasteiger partial charge < -0.3 is 23.6 Å². The minimum Gasteiger partial charge on any atom is -0.769 e. The molecule has 9 nitrogen and oxygen atoms in total. The number of benzene rings is 2. The van der Waals surface area contributed by atoms with Crippen molar-refractivity contribution in [3.63, 3.8) is 0 Å². The number of fused-ring (bicyclic) bond motifs is 1. The maximum Gasteiger partial charge on any atom is 0.231 e. The smallest absolute Gasteiger partial charge is 0.231 e. The van der Waals surface area contributed by atoms with Gasteiger partial charge in [-0.15, -0.1) is 0 Å². The lowest BCUT2D eigenvalue weighted by Crippen LogP contribution is -2.04. The molecule has 0 saturated carbocycles. The quantitative estimate of drug-likeness (QED) is 0.662. The highest BCUT2D eigenvalue weighted by molar-refractivity contribution is 7.50. The van der Waals surface area contributed by atoms with E-state index in [2.05, 4.69) is 15.4 Å². The third kappa shape index (κ3) is 3.47. The molecule has 4 rings (SSSR count). The molecule has 0 saturated heterocycles. The van der Waals surface area contributed by atoms with Gasteiger partial charge in [0.25, 0.3) is 0 Å². The lowest BCUT2D eigenvalue weighted by Gasteiger charge is -2.18. The molecular formula is C17H15N3O6P-. The first-order valence-electron chi connectivity index (χ1n) is 7.92. The summed E-state index contributed by atoms with van der Waals surface area (Å²) in [4.78, 5) is 11.3. The number of methoxy groups -OCH3 is 1. The van der Waals surface area contributed by atoms with E-state index in [0.717, 1.165) is 17.8 Å². The summed E-state index contributed by atoms with van der Waals surface area (Å²) in [5.74, 6) is 1.88. The van der Waals surface area contributed by atoms with Crippen LogP contribution in [0.3, 0.4) is 0 Å². The summed E-state index contributed by atoms with van der Waals surface area (Å²) in [7, 11) is -2.31. The lowest BCUT2D eigenvalue weighted by molar-refractivity contribution is -0.188. The number of aromatic nitrogens is 3. The fourth-order valence-corrected chi connectivity index (χ4v) is 3.27. The summed E-state index contributed by atoms with van der Waals surface area (Å²) in [6.45, 7) is 1.15. The first-order valence-corrected chi connectivity index (χ1v) is 9.91. The minimum absolute atomic E-state index is 0.128. The molecule has 2 aromatic carbocycles. The Kier molecular flexibility index (Phi) is 4.25. The number of hydrogen-bond acceptors (Lipinski definition) is 8. The zero-order chi connectivity index (χ0) is 19.0. The monoisotopic (exact) mass is 388 g/mol. The first kappa shape index (κ1) is 17.4. The Morgan fingerprint density at radius 3 is 2.48 bits per heavy atom. The van der Waals surface area contributed by atoms with Crippen LogP contribution in [-0.4, -0.2) is 36.0 Å². The maximum atomic E-state index is 11.3. The lowest BCUT2D eigenvalue weighted by atomic mass is 10.0. The van der Waals surface area contributed by atoms with Gasteiger partial charge in [-0.2, -0.15) is 15.4 Å². The normalized spacial score (nSPS) is 14.6. The summed E-state index contributed by atoms with van der Waals surface area (Å²) < 4.78 is 32.4. The summed E-state index contributed by atoms with van der Waals surface area (Å²) in [5.41, 5.74) is 2.65. The van der Waals surface area contributed by atoms with Gasteiger partial charge in [-0.3, -0.25) is 4.57 Å². The van der Waals surface area contributed by atoms with Crippen LogP contribution in [0.5, 0.6) is 23.0 Å². The zero-order valence-corrected chi connectivity index (χ0v) is 15.4. The first-order chi connectivity index (χ1) is 12.9. The molecule has 0 amide bonds. The second-order valence-corrected chi connectivity index (χ2v) is 7.55. The summed E-state index contributed by atoms with van der Waals surface area (Å²) in [5, 5.41) is 11.1. The van der Waals surface area contributed by atoms with Crippen molar-refractivity contribution in [1.29, 1.82) is 0 Å². The third-order valence-electron chi connectivity index (χ3n) is 3.88. The Morgan fingerprint density at radius 2 is 1.81 bits per heavy atom. The van der Waals surface area contributed by atoms with E-state index in [9.17, 15) is 9.46 Å². The van der Waals surface area contributed by atoms with Gasteiger partial charge in [0, 0.05) is 17.8 Å². The van der Waals surface area contributed by atoms with Crippen LogP contribution in [0.2, 0.25) is 0 Å². The number of rotatable bonds is 5. The molecule has 10 heteroatoms. The molecule has 1 atom stereocenters. The maximum absolute atomic E-state index is 11.3. The van der Waals surface area contributed by atoms with Crippen LogP contribution in [-0.2, 0) is 4.57 Å². The van der Waals surface area contributed by atoms with E-state index in [1.165, 1.54) is 0 Å². The van der Waals surface area contributed by atoms with Crippen LogP contribution in [0, 0.1) is 0 Å². The van der Waals surface area contributed by atoms with E-state index in [-0.39, 0.29) is 12.5 Å². The molecule has 140 valence electrons. The van der Waals surface area contributed by atoms with Crippen molar-refractivity contribution in [2.75, 3.05) is 20.6 Å². The highest BCUT2D eigenvalue weighted by atomic mass is 31.2. The number of nitrogens with zero attached hydrogens (tertiary/aromatic N) is 2. The SMILES string of the molecule is COc1cc(-c2n[nH]nc2-c2ccc(OP(C)(=O)[O-])cc2)cc2c1OCO2. The Morgan fingerprint density at radius 1 is 1.11 bits per heavy atom. The Bertz CT molecular complexity index is 1030. The number of nitrogens with one attached hydrogen (secondary N) is 1. The predicted octanol–water partition coefficient (Wildman–Crippen LogP) is 2.44. The second-order valence-electron chi connectivity index (χ2n) is 5.82. The van der Waals surface area contributed by atoms with Crippen molar-refractivity contribution < 1.29 is 28.2 Å². The average Bonchev–Trinajstić information content (AvgIpc) is 3.29. The van der Waals surface area contributed by atoms with Crippen molar-refractivity contribution in [2.45, 2.75) is 0 Å². The molecule has 1 aliphatic heterocycles. The van der Waals surface area contributed by atoms with Crippen molar-refractivity contribution in [2.24, 2.45) is 0 Å². The van der Waals surface area contributed by atoms with E-state index in [0.29, 0.717) is 28.6 Å². The van der Waals surface area contributed by atoms with Gasteiger partial charge in [0.05, 0.1) is 7.11 Å². The number of hydrogen-bond donors (Lipinski definition) is 1. The molecule has 0 aliphatic carbocycles. The number of ether oxygens (including phenoxy) is 3. The van der Waals surface area contributed by atoms with Crippen LogP contribution >= 0.6 is 7.60 Å². The molecule has 27 heavy (non-hydrogen) atoms. The van der Waals surface area contributed by atoms with Crippen LogP contribution in [0.15, 0.2) is 36.4 Å². The summed E-state index contributed by atoms with van der Waals surface area (Å²) >= 11 is 0. The van der Waals surface area contributed by atoms with Gasteiger partial charge >= 0.3 is 0 Å². The fourth-order valence-electron chi connectivity index (χ4n) is 2.76. The van der Waals surface area contributed by atoms with Gasteiger partial charge in [0.2, 0.25) is 12.5 Å². The van der Waals surface area contributed by atoms with Gasteiger partial charge in [0.1, 0.15) is 17.1 Å². The fraction of sp³-hybridized carbons (Fsp3) is 0.176. The van der Waals surface area contributed by atoms with Crippen LogP contribution in [0.25, 0.3) is 22.5 Å². The Balaban J connectivity index is 1.71. The summed E-state index contributed by atoms with van der Waals surface area (Å²) in [6, 6.07) is 10.1. The van der Waals surface area contributed by atoms with Gasteiger partial charge in [-0.05, 0) is 36.4 Å².